The molecule has 1 aliphatic heterocycles. The Morgan fingerprint density at radius 2 is 2.04 bits per heavy atom. The quantitative estimate of drug-likeness (QED) is 0.806. The minimum atomic E-state index is -0.314. The number of nitrogens with zero attached hydrogens (tertiary/aromatic N) is 4. The lowest BCUT2D eigenvalue weighted by atomic mass is 9.87. The van der Waals surface area contributed by atoms with Gasteiger partial charge in [0.2, 0.25) is 5.91 Å². The molecule has 146 valence electrons. The van der Waals surface area contributed by atoms with E-state index in [0.29, 0.717) is 12.0 Å². The highest BCUT2D eigenvalue weighted by atomic mass is 16.2. The van der Waals surface area contributed by atoms with Crippen molar-refractivity contribution in [2.75, 3.05) is 13.1 Å². The summed E-state index contributed by atoms with van der Waals surface area (Å²) in [6.45, 7) is 12.0. The molecule has 1 atom stereocenters. The smallest absolute Gasteiger partial charge is 0.227 e. The van der Waals surface area contributed by atoms with Gasteiger partial charge < -0.3 is 4.90 Å². The van der Waals surface area contributed by atoms with Crippen molar-refractivity contribution in [3.63, 3.8) is 0 Å². The topological polar surface area (TPSA) is 51.0 Å². The summed E-state index contributed by atoms with van der Waals surface area (Å²) in [5.41, 5.74) is 3.02. The fraction of sp³-hybridized carbons (Fsp3) is 0.591. The Morgan fingerprint density at radius 1 is 1.26 bits per heavy atom. The Kier molecular flexibility index (Phi) is 5.68. The van der Waals surface area contributed by atoms with E-state index in [9.17, 15) is 4.79 Å². The predicted molar refractivity (Wildman–Crippen MR) is 108 cm³/mol. The Balaban J connectivity index is 1.80. The van der Waals surface area contributed by atoms with Gasteiger partial charge in [-0.05, 0) is 56.7 Å². The molecule has 1 fully saturated rings. The number of hydrogen-bond donors (Lipinski definition) is 0. The van der Waals surface area contributed by atoms with Crippen LogP contribution in [0.2, 0.25) is 0 Å². The SMILES string of the molecule is CC(C)n1nccc1-c1ncccc1CC1CCCN(C(=O)C(C)(C)C)C1. The number of piperidine rings is 1. The second kappa shape index (κ2) is 7.83. The number of pyridine rings is 1. The van der Waals surface area contributed by atoms with Crippen LogP contribution in [0.4, 0.5) is 0 Å². The molecule has 3 rings (SSSR count). The normalized spacial score (nSPS) is 18.1. The molecule has 1 aliphatic rings. The van der Waals surface area contributed by atoms with Crippen LogP contribution >= 0.6 is 0 Å². The molecule has 0 radical (unpaired) electrons. The highest BCUT2D eigenvalue weighted by Gasteiger charge is 2.31. The Bertz CT molecular complexity index is 788. The number of hydrogen-bond acceptors (Lipinski definition) is 3. The lowest BCUT2D eigenvalue weighted by molar-refractivity contribution is -0.141. The molecule has 5 heteroatoms. The number of amides is 1. The first kappa shape index (κ1) is 19.6. The van der Waals surface area contributed by atoms with E-state index in [0.717, 1.165) is 43.7 Å². The summed E-state index contributed by atoms with van der Waals surface area (Å²) in [6.07, 6.45) is 6.88. The minimum absolute atomic E-state index is 0.261. The number of carbonyl (C=O) groups is 1. The molecule has 27 heavy (non-hydrogen) atoms. The summed E-state index contributed by atoms with van der Waals surface area (Å²) in [5, 5.41) is 4.47. The van der Waals surface area contributed by atoms with E-state index in [2.05, 4.69) is 34.9 Å². The molecule has 0 spiro atoms. The summed E-state index contributed by atoms with van der Waals surface area (Å²) in [7, 11) is 0. The molecule has 3 heterocycles. The number of aromatic nitrogens is 3. The summed E-state index contributed by atoms with van der Waals surface area (Å²) in [6, 6.07) is 6.52. The third kappa shape index (κ3) is 4.40. The van der Waals surface area contributed by atoms with Crippen molar-refractivity contribution in [1.82, 2.24) is 19.7 Å². The van der Waals surface area contributed by atoms with Crippen molar-refractivity contribution in [2.45, 2.75) is 59.9 Å². The van der Waals surface area contributed by atoms with Gasteiger partial charge in [0.1, 0.15) is 0 Å². The summed E-state index contributed by atoms with van der Waals surface area (Å²) >= 11 is 0. The maximum Gasteiger partial charge on any atom is 0.227 e. The first-order valence-electron chi connectivity index (χ1n) is 10.0. The van der Waals surface area contributed by atoms with Crippen LogP contribution in [0.3, 0.4) is 0 Å². The zero-order valence-electron chi connectivity index (χ0n) is 17.3. The summed E-state index contributed by atoms with van der Waals surface area (Å²) in [5.74, 6) is 0.736. The Morgan fingerprint density at radius 3 is 2.74 bits per heavy atom. The molecule has 2 aromatic heterocycles. The standard InChI is InChI=1S/C22H32N4O/c1-16(2)26-19(10-12-24-26)20-18(9-6-11-23-20)14-17-8-7-13-25(15-17)21(27)22(3,4)5/h6,9-12,16-17H,7-8,13-15H2,1-5H3. The molecule has 5 nitrogen and oxygen atoms in total. The van der Waals surface area contributed by atoms with Gasteiger partial charge in [0.25, 0.3) is 0 Å². The summed E-state index contributed by atoms with van der Waals surface area (Å²) in [4.78, 5) is 19.4. The Labute approximate surface area is 162 Å². The number of likely N-dealkylation sites (tertiary alicyclic amines) is 1. The summed E-state index contributed by atoms with van der Waals surface area (Å²) < 4.78 is 2.03. The molecule has 0 N–H and O–H groups in total. The van der Waals surface area contributed by atoms with Gasteiger partial charge in [0, 0.05) is 36.9 Å². The third-order valence-corrected chi connectivity index (χ3v) is 5.25. The Hall–Kier alpha value is -2.17. The minimum Gasteiger partial charge on any atom is -0.342 e. The average molecular weight is 369 g/mol. The van der Waals surface area contributed by atoms with Gasteiger partial charge in [-0.2, -0.15) is 5.10 Å². The molecular formula is C22H32N4O. The van der Waals surface area contributed by atoms with Crippen LogP contribution in [0, 0.1) is 11.3 Å². The molecule has 0 bridgehead atoms. The maximum absolute atomic E-state index is 12.7. The van der Waals surface area contributed by atoms with E-state index in [1.165, 1.54) is 5.56 Å². The fourth-order valence-corrected chi connectivity index (χ4v) is 3.95. The second-order valence-corrected chi connectivity index (χ2v) is 8.98. The van der Waals surface area contributed by atoms with Gasteiger partial charge in [-0.3, -0.25) is 14.5 Å². The molecule has 1 amide bonds. The van der Waals surface area contributed by atoms with E-state index in [1.807, 2.05) is 50.0 Å². The zero-order valence-corrected chi connectivity index (χ0v) is 17.3. The van der Waals surface area contributed by atoms with Crippen LogP contribution in [-0.2, 0) is 11.2 Å². The van der Waals surface area contributed by atoms with E-state index in [1.54, 1.807) is 0 Å². The number of rotatable bonds is 4. The molecule has 0 aliphatic carbocycles. The van der Waals surface area contributed by atoms with Crippen molar-refractivity contribution in [2.24, 2.45) is 11.3 Å². The maximum atomic E-state index is 12.7. The molecule has 0 saturated carbocycles. The van der Waals surface area contributed by atoms with Crippen LogP contribution in [0.15, 0.2) is 30.6 Å². The fourth-order valence-electron chi connectivity index (χ4n) is 3.95. The van der Waals surface area contributed by atoms with Crippen molar-refractivity contribution >= 4 is 5.91 Å². The molecule has 1 saturated heterocycles. The average Bonchev–Trinajstić information content (AvgIpc) is 3.11. The van der Waals surface area contributed by atoms with Gasteiger partial charge in [0.15, 0.2) is 0 Å². The van der Waals surface area contributed by atoms with E-state index < -0.39 is 0 Å². The molecule has 0 aromatic carbocycles. The monoisotopic (exact) mass is 368 g/mol. The lowest BCUT2D eigenvalue weighted by Crippen LogP contribution is -2.45. The molecule has 2 aromatic rings. The van der Waals surface area contributed by atoms with Crippen LogP contribution in [0.5, 0.6) is 0 Å². The van der Waals surface area contributed by atoms with Crippen molar-refractivity contribution in [1.29, 1.82) is 0 Å². The van der Waals surface area contributed by atoms with E-state index in [4.69, 9.17) is 0 Å². The first-order valence-corrected chi connectivity index (χ1v) is 10.0. The highest BCUT2D eigenvalue weighted by Crippen LogP contribution is 2.29. The highest BCUT2D eigenvalue weighted by molar-refractivity contribution is 5.81. The van der Waals surface area contributed by atoms with Crippen LogP contribution in [0.25, 0.3) is 11.4 Å². The van der Waals surface area contributed by atoms with Gasteiger partial charge in [-0.25, -0.2) is 0 Å². The van der Waals surface area contributed by atoms with E-state index in [-0.39, 0.29) is 11.3 Å². The zero-order chi connectivity index (χ0) is 19.6. The van der Waals surface area contributed by atoms with Crippen LogP contribution < -0.4 is 0 Å². The van der Waals surface area contributed by atoms with Crippen molar-refractivity contribution in [3.8, 4) is 11.4 Å². The van der Waals surface area contributed by atoms with Gasteiger partial charge in [0.05, 0.1) is 11.4 Å². The third-order valence-electron chi connectivity index (χ3n) is 5.25. The van der Waals surface area contributed by atoms with Crippen molar-refractivity contribution < 1.29 is 4.79 Å². The lowest BCUT2D eigenvalue weighted by Gasteiger charge is -2.36. The van der Waals surface area contributed by atoms with Crippen LogP contribution in [-0.4, -0.2) is 38.7 Å². The van der Waals surface area contributed by atoms with Gasteiger partial charge >= 0.3 is 0 Å². The van der Waals surface area contributed by atoms with Crippen LogP contribution in [0.1, 0.15) is 59.1 Å². The second-order valence-electron chi connectivity index (χ2n) is 8.98. The largest absolute Gasteiger partial charge is 0.342 e. The van der Waals surface area contributed by atoms with Crippen molar-refractivity contribution in [3.05, 3.63) is 36.2 Å². The first-order chi connectivity index (χ1) is 12.8. The van der Waals surface area contributed by atoms with Gasteiger partial charge in [-0.1, -0.05) is 26.8 Å². The predicted octanol–water partition coefficient (Wildman–Crippen LogP) is 4.35. The van der Waals surface area contributed by atoms with E-state index >= 15 is 0 Å². The number of carbonyl (C=O) groups excluding carboxylic acids is 1. The molecular weight excluding hydrogens is 336 g/mol. The van der Waals surface area contributed by atoms with Gasteiger partial charge in [-0.15, -0.1) is 0 Å². The molecule has 1 unspecified atom stereocenters.